The molecular weight excluding hydrogens is 437 g/mol. The Balaban J connectivity index is 2.15. The van der Waals surface area contributed by atoms with Gasteiger partial charge in [-0.1, -0.05) is 42.5 Å². The van der Waals surface area contributed by atoms with Crippen LogP contribution < -0.4 is 0 Å². The van der Waals surface area contributed by atoms with E-state index < -0.39 is 53.1 Å². The molecule has 1 heterocycles. The molecule has 1 amide bonds. The van der Waals surface area contributed by atoms with Gasteiger partial charge in [0.15, 0.2) is 5.72 Å². The molecule has 5 nitrogen and oxygen atoms in total. The summed E-state index contributed by atoms with van der Waals surface area (Å²) < 4.78 is 93.5. The average molecular weight is 450 g/mol. The number of nitrogens with zero attached hydrogens (tertiary/aromatic N) is 2. The van der Waals surface area contributed by atoms with E-state index in [1.807, 2.05) is 0 Å². The first-order chi connectivity index (χ1) is 14.2. The molecular formula is C19H13F7N2O3. The van der Waals surface area contributed by atoms with Gasteiger partial charge in [0.05, 0.1) is 5.56 Å². The number of phenols is 1. The molecule has 12 heteroatoms. The van der Waals surface area contributed by atoms with E-state index in [1.165, 1.54) is 30.3 Å². The highest BCUT2D eigenvalue weighted by atomic mass is 19.4. The number of para-hydroxylation sites is 1. The summed E-state index contributed by atoms with van der Waals surface area (Å²) in [4.78, 5) is 12.8. The maximum absolute atomic E-state index is 14.3. The van der Waals surface area contributed by atoms with Gasteiger partial charge in [0.2, 0.25) is 0 Å². The number of benzene rings is 2. The Morgan fingerprint density at radius 3 is 2.03 bits per heavy atom. The first kappa shape index (κ1) is 22.5. The maximum Gasteiger partial charge on any atom is 0.460 e. The SMILES string of the molecule is O=C(c1ccccc1O)N1N=C(C(F)(F)C(F)(F)C(F)(F)F)CC1(O)c1ccccc1. The van der Waals surface area contributed by atoms with E-state index in [0.29, 0.717) is 0 Å². The summed E-state index contributed by atoms with van der Waals surface area (Å²) in [5.41, 5.74) is -5.69. The van der Waals surface area contributed by atoms with E-state index in [0.717, 1.165) is 24.3 Å². The monoisotopic (exact) mass is 450 g/mol. The fourth-order valence-corrected chi connectivity index (χ4v) is 2.99. The lowest BCUT2D eigenvalue weighted by Gasteiger charge is -2.32. The lowest BCUT2D eigenvalue weighted by molar-refractivity contribution is -0.336. The Hall–Kier alpha value is -3.15. The molecule has 1 unspecified atom stereocenters. The van der Waals surface area contributed by atoms with Crippen molar-refractivity contribution in [1.29, 1.82) is 0 Å². The number of carbonyl (C=O) groups is 1. The number of phenolic OH excluding ortho intramolecular Hbond substituents is 1. The minimum atomic E-state index is -6.63. The van der Waals surface area contributed by atoms with Crippen LogP contribution in [0.5, 0.6) is 5.75 Å². The standard InChI is InChI=1S/C19H13F7N2O3/c20-17(21,18(22,23)19(24,25)26)14-10-16(31,11-6-2-1-3-7-11)28(27-14)15(30)12-8-4-5-9-13(12)29/h1-9,29,31H,10H2. The largest absolute Gasteiger partial charge is 0.507 e. The van der Waals surface area contributed by atoms with Crippen molar-refractivity contribution in [3.8, 4) is 5.75 Å². The Morgan fingerprint density at radius 1 is 0.935 bits per heavy atom. The molecule has 0 bridgehead atoms. The van der Waals surface area contributed by atoms with Crippen LogP contribution in [0, 0.1) is 0 Å². The molecule has 0 fully saturated rings. The molecule has 2 aromatic carbocycles. The number of hydrogen-bond acceptors (Lipinski definition) is 4. The second kappa shape index (κ2) is 7.22. The fraction of sp³-hybridized carbons (Fsp3) is 0.263. The van der Waals surface area contributed by atoms with E-state index in [9.17, 15) is 45.7 Å². The van der Waals surface area contributed by atoms with Gasteiger partial charge in [-0.25, -0.2) is 0 Å². The fourth-order valence-electron chi connectivity index (χ4n) is 2.99. The van der Waals surface area contributed by atoms with Gasteiger partial charge in [0, 0.05) is 12.0 Å². The highest BCUT2D eigenvalue weighted by Crippen LogP contribution is 2.51. The summed E-state index contributed by atoms with van der Waals surface area (Å²) in [6, 6.07) is 11.0. The summed E-state index contributed by atoms with van der Waals surface area (Å²) in [6.45, 7) is 0. The van der Waals surface area contributed by atoms with Gasteiger partial charge in [0.1, 0.15) is 11.5 Å². The number of aromatic hydroxyl groups is 1. The molecule has 31 heavy (non-hydrogen) atoms. The van der Waals surface area contributed by atoms with Crippen molar-refractivity contribution < 1.29 is 45.7 Å². The topological polar surface area (TPSA) is 73.1 Å². The lowest BCUT2D eigenvalue weighted by Crippen LogP contribution is -2.56. The smallest absolute Gasteiger partial charge is 0.460 e. The van der Waals surface area contributed by atoms with E-state index in [1.54, 1.807) is 0 Å². The van der Waals surface area contributed by atoms with E-state index in [2.05, 4.69) is 5.10 Å². The van der Waals surface area contributed by atoms with Gasteiger partial charge >= 0.3 is 18.0 Å². The second-order valence-corrected chi connectivity index (χ2v) is 6.69. The number of amides is 1. The first-order valence-electron chi connectivity index (χ1n) is 8.54. The minimum Gasteiger partial charge on any atom is -0.507 e. The van der Waals surface area contributed by atoms with E-state index in [-0.39, 0.29) is 10.6 Å². The lowest BCUT2D eigenvalue weighted by atomic mass is 9.93. The van der Waals surface area contributed by atoms with Crippen molar-refractivity contribution in [2.75, 3.05) is 0 Å². The van der Waals surface area contributed by atoms with E-state index >= 15 is 0 Å². The molecule has 0 aliphatic carbocycles. The van der Waals surface area contributed by atoms with Crippen molar-refractivity contribution in [3.63, 3.8) is 0 Å². The van der Waals surface area contributed by atoms with Crippen molar-refractivity contribution in [3.05, 3.63) is 65.7 Å². The van der Waals surface area contributed by atoms with Crippen LogP contribution in [0.4, 0.5) is 30.7 Å². The zero-order valence-corrected chi connectivity index (χ0v) is 15.2. The average Bonchev–Trinajstić information content (AvgIpc) is 3.07. The van der Waals surface area contributed by atoms with E-state index in [4.69, 9.17) is 0 Å². The van der Waals surface area contributed by atoms with Crippen LogP contribution >= 0.6 is 0 Å². The number of alkyl halides is 7. The molecule has 2 aromatic rings. The molecule has 2 N–H and O–H groups in total. The van der Waals surface area contributed by atoms with Gasteiger partial charge in [-0.3, -0.25) is 4.79 Å². The van der Waals surface area contributed by atoms with Crippen LogP contribution in [-0.2, 0) is 5.72 Å². The quantitative estimate of drug-likeness (QED) is 0.684. The van der Waals surface area contributed by atoms with Gasteiger partial charge in [-0.05, 0) is 12.1 Å². The maximum atomic E-state index is 14.3. The van der Waals surface area contributed by atoms with Crippen LogP contribution in [0.2, 0.25) is 0 Å². The van der Waals surface area contributed by atoms with Crippen LogP contribution in [0.3, 0.4) is 0 Å². The zero-order chi connectivity index (χ0) is 23.2. The molecule has 1 aliphatic rings. The summed E-state index contributed by atoms with van der Waals surface area (Å²) in [5.74, 6) is -14.4. The Labute approximate surface area is 170 Å². The van der Waals surface area contributed by atoms with Crippen LogP contribution in [0.15, 0.2) is 59.7 Å². The molecule has 166 valence electrons. The second-order valence-electron chi connectivity index (χ2n) is 6.69. The predicted molar refractivity (Wildman–Crippen MR) is 92.6 cm³/mol. The van der Waals surface area contributed by atoms with Gasteiger partial charge < -0.3 is 10.2 Å². The van der Waals surface area contributed by atoms with Crippen molar-refractivity contribution in [1.82, 2.24) is 5.01 Å². The predicted octanol–water partition coefficient (Wildman–Crippen LogP) is 4.27. The third-order valence-electron chi connectivity index (χ3n) is 4.66. The first-order valence-corrected chi connectivity index (χ1v) is 8.54. The number of hydrazone groups is 1. The minimum absolute atomic E-state index is 0.0346. The highest BCUT2D eigenvalue weighted by molar-refractivity contribution is 6.02. The Morgan fingerprint density at radius 2 is 1.48 bits per heavy atom. The van der Waals surface area contributed by atoms with Crippen molar-refractivity contribution >= 4 is 11.6 Å². The third-order valence-corrected chi connectivity index (χ3v) is 4.66. The van der Waals surface area contributed by atoms with Gasteiger partial charge in [-0.15, -0.1) is 0 Å². The molecule has 0 saturated heterocycles. The third kappa shape index (κ3) is 3.50. The molecule has 3 rings (SSSR count). The Kier molecular flexibility index (Phi) is 5.25. The van der Waals surface area contributed by atoms with Crippen LogP contribution in [-0.4, -0.2) is 44.9 Å². The summed E-state index contributed by atoms with van der Waals surface area (Å²) in [6.07, 6.45) is -8.16. The molecule has 0 spiro atoms. The van der Waals surface area contributed by atoms with Crippen molar-refractivity contribution in [2.45, 2.75) is 30.2 Å². The Bertz CT molecular complexity index is 1020. The van der Waals surface area contributed by atoms with Crippen LogP contribution in [0.25, 0.3) is 0 Å². The molecule has 0 aromatic heterocycles. The molecule has 0 saturated carbocycles. The summed E-state index contributed by atoms with van der Waals surface area (Å²) >= 11 is 0. The summed E-state index contributed by atoms with van der Waals surface area (Å²) in [5, 5.41) is 23.8. The number of hydrogen-bond donors (Lipinski definition) is 2. The number of aliphatic hydroxyl groups is 1. The number of halogens is 7. The number of carbonyl (C=O) groups excluding carboxylic acids is 1. The zero-order valence-electron chi connectivity index (χ0n) is 15.2. The number of rotatable bonds is 4. The molecule has 0 radical (unpaired) electrons. The normalized spacial score (nSPS) is 20.0. The highest BCUT2D eigenvalue weighted by Gasteiger charge is 2.76. The van der Waals surface area contributed by atoms with Gasteiger partial charge in [0.25, 0.3) is 5.91 Å². The van der Waals surface area contributed by atoms with Gasteiger partial charge in [-0.2, -0.15) is 40.8 Å². The molecule has 1 atom stereocenters. The molecule has 1 aliphatic heterocycles. The summed E-state index contributed by atoms with van der Waals surface area (Å²) in [7, 11) is 0. The van der Waals surface area contributed by atoms with Crippen molar-refractivity contribution in [2.24, 2.45) is 5.10 Å². The van der Waals surface area contributed by atoms with Crippen LogP contribution in [0.1, 0.15) is 22.3 Å².